The van der Waals surface area contributed by atoms with Crippen molar-refractivity contribution in [2.24, 2.45) is 0 Å². The van der Waals surface area contributed by atoms with Crippen LogP contribution in [0.5, 0.6) is 0 Å². The van der Waals surface area contributed by atoms with E-state index >= 15 is 0 Å². The Kier molecular flexibility index (Phi) is 7.82. The van der Waals surface area contributed by atoms with Crippen molar-refractivity contribution >= 4 is 45.4 Å². The number of nitro groups is 1. The Morgan fingerprint density at radius 2 is 1.52 bits per heavy atom. The quantitative estimate of drug-likeness (QED) is 0.157. The van der Waals surface area contributed by atoms with Crippen LogP contribution >= 0.6 is 15.9 Å². The molecule has 0 atom stereocenters. The standard InChI is InChI=1S/C24H17BrN2O6/c25-19-10-6-18(7-11-19)23(29)26-21(14-16-4-2-1-3-5-16)24(30)33-15-22(28)17-8-12-20(13-9-17)27(31)32/h1-14H,15H2,(H,26,29). The molecule has 0 radical (unpaired) electrons. The van der Waals surface area contributed by atoms with Crippen LogP contribution < -0.4 is 5.32 Å². The maximum Gasteiger partial charge on any atom is 0.355 e. The van der Waals surface area contributed by atoms with E-state index in [4.69, 9.17) is 4.74 Å². The lowest BCUT2D eigenvalue weighted by molar-refractivity contribution is -0.384. The molecule has 0 aliphatic carbocycles. The van der Waals surface area contributed by atoms with Gasteiger partial charge in [0.2, 0.25) is 0 Å². The summed E-state index contributed by atoms with van der Waals surface area (Å²) in [6.45, 7) is -0.600. The highest BCUT2D eigenvalue weighted by atomic mass is 79.9. The van der Waals surface area contributed by atoms with E-state index in [9.17, 15) is 24.5 Å². The first-order valence-corrected chi connectivity index (χ1v) is 10.4. The summed E-state index contributed by atoms with van der Waals surface area (Å²) in [4.78, 5) is 47.8. The molecule has 1 amide bonds. The third kappa shape index (κ3) is 6.68. The summed E-state index contributed by atoms with van der Waals surface area (Å²) < 4.78 is 5.91. The molecule has 9 heteroatoms. The molecule has 0 bridgehead atoms. The second kappa shape index (κ2) is 11.0. The summed E-state index contributed by atoms with van der Waals surface area (Å²) in [6.07, 6.45) is 1.44. The minimum atomic E-state index is -0.903. The average Bonchev–Trinajstić information content (AvgIpc) is 2.83. The molecule has 3 aromatic rings. The van der Waals surface area contributed by atoms with Crippen molar-refractivity contribution in [2.45, 2.75) is 0 Å². The van der Waals surface area contributed by atoms with Gasteiger partial charge in [-0.1, -0.05) is 46.3 Å². The van der Waals surface area contributed by atoms with Gasteiger partial charge in [-0.25, -0.2) is 4.79 Å². The first-order chi connectivity index (χ1) is 15.8. The molecule has 0 heterocycles. The van der Waals surface area contributed by atoms with Crippen LogP contribution in [0.25, 0.3) is 6.08 Å². The molecular formula is C24H17BrN2O6. The Hall–Kier alpha value is -4.11. The number of amides is 1. The van der Waals surface area contributed by atoms with Gasteiger partial charge in [0.1, 0.15) is 5.70 Å². The monoisotopic (exact) mass is 508 g/mol. The molecule has 3 aromatic carbocycles. The number of esters is 1. The Balaban J connectivity index is 1.74. The number of benzene rings is 3. The number of carbonyl (C=O) groups is 3. The van der Waals surface area contributed by atoms with Crippen molar-refractivity contribution in [3.63, 3.8) is 0 Å². The zero-order valence-corrected chi connectivity index (χ0v) is 18.7. The number of rotatable bonds is 8. The van der Waals surface area contributed by atoms with Crippen LogP contribution in [0, 0.1) is 10.1 Å². The number of nitrogens with zero attached hydrogens (tertiary/aromatic N) is 1. The molecule has 0 fully saturated rings. The van der Waals surface area contributed by atoms with Crippen molar-refractivity contribution in [2.75, 3.05) is 6.61 Å². The largest absolute Gasteiger partial charge is 0.453 e. The topological polar surface area (TPSA) is 116 Å². The third-order valence-corrected chi connectivity index (χ3v) is 4.95. The van der Waals surface area contributed by atoms with Gasteiger partial charge in [0.15, 0.2) is 12.4 Å². The Labute approximate surface area is 197 Å². The second-order valence-corrected chi connectivity index (χ2v) is 7.65. The number of hydrogen-bond donors (Lipinski definition) is 1. The van der Waals surface area contributed by atoms with E-state index < -0.39 is 29.2 Å². The van der Waals surface area contributed by atoms with Gasteiger partial charge in [-0.2, -0.15) is 0 Å². The molecule has 8 nitrogen and oxygen atoms in total. The van der Waals surface area contributed by atoms with E-state index in [0.717, 1.165) is 4.47 Å². The molecule has 0 unspecified atom stereocenters. The second-order valence-electron chi connectivity index (χ2n) is 6.73. The fraction of sp³-hybridized carbons (Fsp3) is 0.0417. The van der Waals surface area contributed by atoms with E-state index in [-0.39, 0.29) is 16.9 Å². The van der Waals surface area contributed by atoms with Gasteiger partial charge in [-0.15, -0.1) is 0 Å². The number of nitrogens with one attached hydrogen (secondary N) is 1. The lowest BCUT2D eigenvalue weighted by atomic mass is 10.1. The summed E-state index contributed by atoms with van der Waals surface area (Å²) in [5, 5.41) is 13.3. The molecule has 3 rings (SSSR count). The van der Waals surface area contributed by atoms with Gasteiger partial charge < -0.3 is 10.1 Å². The van der Waals surface area contributed by atoms with Crippen LogP contribution in [0.15, 0.2) is 89.0 Å². The van der Waals surface area contributed by atoms with Gasteiger partial charge >= 0.3 is 5.97 Å². The fourth-order valence-electron chi connectivity index (χ4n) is 2.72. The SMILES string of the molecule is O=C(OCC(=O)c1ccc([N+](=O)[O-])cc1)C(=Cc1ccccc1)NC(=O)c1ccc(Br)cc1. The van der Waals surface area contributed by atoms with Crippen LogP contribution in [-0.4, -0.2) is 29.2 Å². The van der Waals surface area contributed by atoms with Gasteiger partial charge in [-0.3, -0.25) is 19.7 Å². The van der Waals surface area contributed by atoms with Crippen molar-refractivity contribution in [3.05, 3.63) is 116 Å². The molecule has 1 N–H and O–H groups in total. The normalized spacial score (nSPS) is 10.9. The number of Topliss-reactive ketones (excluding diaryl/α,β-unsaturated/α-hetero) is 1. The van der Waals surface area contributed by atoms with Crippen LogP contribution in [-0.2, 0) is 9.53 Å². The average molecular weight is 509 g/mol. The van der Waals surface area contributed by atoms with Crippen LogP contribution in [0.1, 0.15) is 26.3 Å². The summed E-state index contributed by atoms with van der Waals surface area (Å²) in [5.41, 5.74) is 0.813. The third-order valence-electron chi connectivity index (χ3n) is 4.42. The summed E-state index contributed by atoms with van der Waals surface area (Å²) in [7, 11) is 0. The van der Waals surface area contributed by atoms with E-state index in [1.165, 1.54) is 30.3 Å². The Bertz CT molecular complexity index is 1210. The smallest absolute Gasteiger partial charge is 0.355 e. The minimum absolute atomic E-state index is 0.148. The van der Waals surface area contributed by atoms with Crippen molar-refractivity contribution < 1.29 is 24.0 Å². The number of ether oxygens (including phenoxy) is 1. The molecule has 0 saturated carbocycles. The Morgan fingerprint density at radius 1 is 0.909 bits per heavy atom. The van der Waals surface area contributed by atoms with Gasteiger partial charge in [0.05, 0.1) is 4.92 Å². The van der Waals surface area contributed by atoms with Crippen LogP contribution in [0.3, 0.4) is 0 Å². The highest BCUT2D eigenvalue weighted by molar-refractivity contribution is 9.10. The van der Waals surface area contributed by atoms with E-state index in [0.29, 0.717) is 11.1 Å². The highest BCUT2D eigenvalue weighted by Gasteiger charge is 2.18. The lowest BCUT2D eigenvalue weighted by Gasteiger charge is -2.10. The molecule has 0 aromatic heterocycles. The first-order valence-electron chi connectivity index (χ1n) is 9.62. The summed E-state index contributed by atoms with van der Waals surface area (Å²) >= 11 is 3.29. The Morgan fingerprint density at radius 3 is 2.12 bits per heavy atom. The zero-order chi connectivity index (χ0) is 23.8. The molecule has 0 saturated heterocycles. The molecular weight excluding hydrogens is 492 g/mol. The summed E-state index contributed by atoms with van der Waals surface area (Å²) in [5.74, 6) is -1.97. The van der Waals surface area contributed by atoms with Crippen molar-refractivity contribution in [3.8, 4) is 0 Å². The first kappa shape index (κ1) is 23.6. The van der Waals surface area contributed by atoms with Gasteiger partial charge in [0.25, 0.3) is 11.6 Å². The van der Waals surface area contributed by atoms with Gasteiger partial charge in [-0.05, 0) is 48.0 Å². The fourth-order valence-corrected chi connectivity index (χ4v) is 2.98. The van der Waals surface area contributed by atoms with E-state index in [1.807, 2.05) is 0 Å². The molecule has 0 aliphatic rings. The number of hydrogen-bond acceptors (Lipinski definition) is 6. The maximum absolute atomic E-state index is 12.7. The predicted octanol–water partition coefficient (Wildman–Crippen LogP) is 4.55. The van der Waals surface area contributed by atoms with Crippen LogP contribution in [0.4, 0.5) is 5.69 Å². The maximum atomic E-state index is 12.7. The number of halogens is 1. The van der Waals surface area contributed by atoms with E-state index in [2.05, 4.69) is 21.2 Å². The van der Waals surface area contributed by atoms with Crippen molar-refractivity contribution in [1.82, 2.24) is 5.32 Å². The molecule has 166 valence electrons. The zero-order valence-electron chi connectivity index (χ0n) is 17.1. The van der Waals surface area contributed by atoms with Gasteiger partial charge in [0, 0.05) is 27.7 Å². The number of nitro benzene ring substituents is 1. The van der Waals surface area contributed by atoms with E-state index in [1.54, 1.807) is 54.6 Å². The van der Waals surface area contributed by atoms with Crippen molar-refractivity contribution in [1.29, 1.82) is 0 Å². The number of ketones is 1. The molecule has 0 aliphatic heterocycles. The summed E-state index contributed by atoms with van der Waals surface area (Å²) in [6, 6.07) is 20.3. The molecule has 33 heavy (non-hydrogen) atoms. The minimum Gasteiger partial charge on any atom is -0.453 e. The number of non-ortho nitro benzene ring substituents is 1. The predicted molar refractivity (Wildman–Crippen MR) is 124 cm³/mol. The lowest BCUT2D eigenvalue weighted by Crippen LogP contribution is -2.29. The highest BCUT2D eigenvalue weighted by Crippen LogP contribution is 2.14. The van der Waals surface area contributed by atoms with Crippen LogP contribution in [0.2, 0.25) is 0 Å². The number of carbonyl (C=O) groups excluding carboxylic acids is 3. The molecule has 0 spiro atoms.